The van der Waals surface area contributed by atoms with Gasteiger partial charge in [-0.1, -0.05) is 45.9 Å². The second-order valence-corrected chi connectivity index (χ2v) is 19.7. The Morgan fingerprint density at radius 1 is 0.750 bits per heavy atom. The number of hydrogen-bond acceptors (Lipinski definition) is 11. The molecule has 0 spiro atoms. The molecule has 6 fully saturated rings. The predicted octanol–water partition coefficient (Wildman–Crippen LogP) is 7.76. The van der Waals surface area contributed by atoms with Gasteiger partial charge in [0, 0.05) is 44.4 Å². The van der Waals surface area contributed by atoms with Crippen LogP contribution in [-0.4, -0.2) is 66.2 Å². The van der Waals surface area contributed by atoms with Crippen molar-refractivity contribution < 1.29 is 52.4 Å². The summed E-state index contributed by atoms with van der Waals surface area (Å²) in [6, 6.07) is 9.16. The minimum Gasteiger partial charge on any atom is -0.462 e. The van der Waals surface area contributed by atoms with Gasteiger partial charge in [0.05, 0.1) is 5.56 Å². The first-order chi connectivity index (χ1) is 26.1. The van der Waals surface area contributed by atoms with Crippen LogP contribution in [0.25, 0.3) is 0 Å². The Morgan fingerprint density at radius 2 is 1.43 bits per heavy atom. The van der Waals surface area contributed by atoms with Crippen LogP contribution >= 0.6 is 0 Å². The van der Waals surface area contributed by atoms with Gasteiger partial charge < -0.3 is 28.4 Å². The molecule has 5 saturated carbocycles. The number of benzene rings is 1. The molecule has 6 aliphatic rings. The molecule has 5 aliphatic carbocycles. The topological polar surface area (TPSA) is 141 Å². The molecule has 11 heteroatoms. The summed E-state index contributed by atoms with van der Waals surface area (Å²) in [5.41, 5.74) is -1.56. The number of carbonyl (C=O) groups is 5. The fourth-order valence-electron chi connectivity index (χ4n) is 14.4. The van der Waals surface area contributed by atoms with Gasteiger partial charge in [0.2, 0.25) is 6.29 Å². The van der Waals surface area contributed by atoms with E-state index in [1.165, 1.54) is 27.7 Å². The molecule has 308 valence electrons. The highest BCUT2D eigenvalue weighted by Gasteiger charge is 2.86. The lowest BCUT2D eigenvalue weighted by Gasteiger charge is -2.68. The van der Waals surface area contributed by atoms with Gasteiger partial charge in [-0.05, 0) is 118 Å². The fraction of sp³-hybridized carbons (Fsp3) is 0.756. The molecule has 0 radical (unpaired) electrons. The summed E-state index contributed by atoms with van der Waals surface area (Å²) in [6.45, 7) is 18.3. The molecule has 0 unspecified atom stereocenters. The second kappa shape index (κ2) is 13.8. The first kappa shape index (κ1) is 40.7. The number of carbonyl (C=O) groups excluding carboxylic acids is 5. The first-order valence-electron chi connectivity index (χ1n) is 20.8. The molecule has 13 atom stereocenters. The summed E-state index contributed by atoms with van der Waals surface area (Å²) >= 11 is 0. The predicted molar refractivity (Wildman–Crippen MR) is 203 cm³/mol. The Labute approximate surface area is 331 Å². The van der Waals surface area contributed by atoms with Crippen molar-refractivity contribution in [3.8, 4) is 0 Å². The summed E-state index contributed by atoms with van der Waals surface area (Å²) in [5, 5.41) is 0. The average Bonchev–Trinajstić information content (AvgIpc) is 3.44. The highest BCUT2D eigenvalue weighted by Crippen LogP contribution is 2.91. The molecule has 7 rings (SSSR count). The Bertz CT molecular complexity index is 1750. The lowest BCUT2D eigenvalue weighted by atomic mass is 9.37. The van der Waals surface area contributed by atoms with Crippen LogP contribution in [0.2, 0.25) is 0 Å². The van der Waals surface area contributed by atoms with Crippen LogP contribution in [0, 0.1) is 50.7 Å². The zero-order valence-corrected chi connectivity index (χ0v) is 34.9. The number of rotatable bonds is 9. The van der Waals surface area contributed by atoms with Gasteiger partial charge in [-0.3, -0.25) is 19.2 Å². The van der Waals surface area contributed by atoms with E-state index in [0.717, 1.165) is 44.9 Å². The molecule has 0 N–H and O–H groups in total. The second-order valence-electron chi connectivity index (χ2n) is 19.7. The van der Waals surface area contributed by atoms with Crippen LogP contribution in [0.15, 0.2) is 30.3 Å². The standard InChI is InChI=1S/C45H62O11/c1-25(46)51-36-23-34-40(5,6)35(55-38(50)29-14-12-11-13-15-29)18-19-42(34,9)33-17-20-44-24-45(44,43(33,36)10)21-16-31(44)30-22-32(54-39(30)53-27(3)48)37(52-26(2)47)41(7,8)56-28(4)49/h11-15,30-37,39H,16-24H2,1-10H3/t30-,31+,32+,33-,34+,35-,36-,37+,39+,42-,43+,44-,45-/m1/s1. The Balaban J connectivity index is 1.20. The third kappa shape index (κ3) is 6.19. The Kier molecular flexibility index (Phi) is 10.1. The van der Waals surface area contributed by atoms with E-state index in [4.69, 9.17) is 28.4 Å². The van der Waals surface area contributed by atoms with E-state index in [1.807, 2.05) is 18.2 Å². The molecule has 0 bridgehead atoms. The van der Waals surface area contributed by atoms with E-state index >= 15 is 0 Å². The van der Waals surface area contributed by atoms with Gasteiger partial charge in [-0.15, -0.1) is 0 Å². The fourth-order valence-corrected chi connectivity index (χ4v) is 14.4. The van der Waals surface area contributed by atoms with Crippen LogP contribution in [0.1, 0.15) is 137 Å². The van der Waals surface area contributed by atoms with Crippen molar-refractivity contribution in [2.75, 3.05) is 0 Å². The molecule has 1 saturated heterocycles. The zero-order valence-electron chi connectivity index (χ0n) is 34.9. The highest BCUT2D eigenvalue weighted by molar-refractivity contribution is 5.89. The number of esters is 5. The smallest absolute Gasteiger partial charge is 0.338 e. The largest absolute Gasteiger partial charge is 0.462 e. The Morgan fingerprint density at radius 3 is 2.05 bits per heavy atom. The zero-order chi connectivity index (χ0) is 40.8. The third-order valence-electron chi connectivity index (χ3n) is 16.3. The molecule has 1 aromatic carbocycles. The number of fused-ring (bicyclic) bond motifs is 3. The average molecular weight is 779 g/mol. The van der Waals surface area contributed by atoms with E-state index in [2.05, 4.69) is 27.7 Å². The van der Waals surface area contributed by atoms with Crippen LogP contribution in [0.4, 0.5) is 0 Å². The maximum Gasteiger partial charge on any atom is 0.338 e. The molecule has 56 heavy (non-hydrogen) atoms. The van der Waals surface area contributed by atoms with Crippen molar-refractivity contribution in [3.63, 3.8) is 0 Å². The first-order valence-corrected chi connectivity index (χ1v) is 20.8. The molecule has 11 nitrogen and oxygen atoms in total. The molecular formula is C45H62O11. The van der Waals surface area contributed by atoms with Crippen LogP contribution < -0.4 is 0 Å². The number of ether oxygens (including phenoxy) is 6. The number of hydrogen-bond donors (Lipinski definition) is 0. The van der Waals surface area contributed by atoms with Crippen molar-refractivity contribution in [1.82, 2.24) is 0 Å². The van der Waals surface area contributed by atoms with Gasteiger partial charge in [-0.25, -0.2) is 4.79 Å². The van der Waals surface area contributed by atoms with Crippen LogP contribution in [0.3, 0.4) is 0 Å². The lowest BCUT2D eigenvalue weighted by Crippen LogP contribution is -2.67. The lowest BCUT2D eigenvalue weighted by molar-refractivity contribution is -0.249. The molecular weight excluding hydrogens is 716 g/mol. The van der Waals surface area contributed by atoms with Gasteiger partial charge in [0.15, 0.2) is 6.10 Å². The summed E-state index contributed by atoms with van der Waals surface area (Å²) in [4.78, 5) is 63.4. The summed E-state index contributed by atoms with van der Waals surface area (Å²) in [5.74, 6) is -1.67. The quantitative estimate of drug-likeness (QED) is 0.179. The maximum atomic E-state index is 13.3. The van der Waals surface area contributed by atoms with E-state index in [1.54, 1.807) is 26.0 Å². The van der Waals surface area contributed by atoms with Crippen molar-refractivity contribution in [2.24, 2.45) is 50.7 Å². The molecule has 1 heterocycles. The summed E-state index contributed by atoms with van der Waals surface area (Å²) < 4.78 is 36.7. The monoisotopic (exact) mass is 778 g/mol. The SMILES string of the molecule is CC(=O)O[C@H]1O[C@H]([C@H](OC(C)=O)C(C)(C)OC(C)=O)C[C@@H]1[C@@H]1CC[C@]23C[C@]12CC[C@@H]1[C@@]2(C)CC[C@@H](OC(=O)c4ccccc4)C(C)(C)[C@@H]2C[C@@H](OC(C)=O)[C@]13C. The normalized spacial score (nSPS) is 41.0. The highest BCUT2D eigenvalue weighted by atomic mass is 16.7. The minimum atomic E-state index is -1.20. The van der Waals surface area contributed by atoms with Crippen molar-refractivity contribution in [2.45, 2.75) is 163 Å². The van der Waals surface area contributed by atoms with E-state index < -0.39 is 42.0 Å². The van der Waals surface area contributed by atoms with Gasteiger partial charge in [-0.2, -0.15) is 0 Å². The third-order valence-corrected chi connectivity index (χ3v) is 16.3. The minimum absolute atomic E-state index is 0.0680. The van der Waals surface area contributed by atoms with E-state index in [0.29, 0.717) is 18.4 Å². The summed E-state index contributed by atoms with van der Waals surface area (Å²) in [7, 11) is 0. The van der Waals surface area contributed by atoms with Crippen molar-refractivity contribution >= 4 is 29.8 Å². The van der Waals surface area contributed by atoms with Gasteiger partial charge >= 0.3 is 29.8 Å². The van der Waals surface area contributed by atoms with Gasteiger partial charge in [0.1, 0.15) is 23.9 Å². The van der Waals surface area contributed by atoms with Crippen LogP contribution in [0.5, 0.6) is 0 Å². The van der Waals surface area contributed by atoms with Gasteiger partial charge in [0.25, 0.3) is 0 Å². The van der Waals surface area contributed by atoms with Crippen LogP contribution in [-0.2, 0) is 47.6 Å². The summed E-state index contributed by atoms with van der Waals surface area (Å²) in [6.07, 6.45) is 4.64. The molecule has 1 aliphatic heterocycles. The van der Waals surface area contributed by atoms with E-state index in [-0.39, 0.29) is 74.9 Å². The van der Waals surface area contributed by atoms with Crippen molar-refractivity contribution in [3.05, 3.63) is 35.9 Å². The Hall–Kier alpha value is -3.47. The molecule has 0 aromatic heterocycles. The maximum absolute atomic E-state index is 13.3. The molecule has 0 amide bonds. The van der Waals surface area contributed by atoms with Crippen molar-refractivity contribution in [1.29, 1.82) is 0 Å². The molecule has 1 aromatic rings. The van der Waals surface area contributed by atoms with E-state index in [9.17, 15) is 24.0 Å².